The number of carbonyl (C=O) groups is 1. The van der Waals surface area contributed by atoms with Crippen molar-refractivity contribution in [3.8, 4) is 11.3 Å². The van der Waals surface area contributed by atoms with Gasteiger partial charge in [0.2, 0.25) is 5.76 Å². The van der Waals surface area contributed by atoms with Crippen molar-refractivity contribution in [1.82, 2.24) is 26.4 Å². The molecule has 1 aromatic heterocycles. The second-order valence-electron chi connectivity index (χ2n) is 6.64. The van der Waals surface area contributed by atoms with Gasteiger partial charge < -0.3 is 20.4 Å². The maximum Gasteiger partial charge on any atom is 0.290 e. The molecule has 1 aliphatic heterocycles. The van der Waals surface area contributed by atoms with Crippen LogP contribution in [0.2, 0.25) is 0 Å². The van der Waals surface area contributed by atoms with E-state index in [1.807, 2.05) is 41.5 Å². The van der Waals surface area contributed by atoms with Crippen LogP contribution < -0.4 is 16.3 Å². The lowest BCUT2D eigenvalue weighted by molar-refractivity contribution is 0.0734. The Morgan fingerprint density at radius 3 is 2.85 bits per heavy atom. The van der Waals surface area contributed by atoms with E-state index in [2.05, 4.69) is 21.4 Å². The summed E-state index contributed by atoms with van der Waals surface area (Å²) in [6.45, 7) is 1.70. The smallest absolute Gasteiger partial charge is 0.290 e. The number of amides is 1. The Bertz CT molecular complexity index is 811. The van der Waals surface area contributed by atoms with Gasteiger partial charge in [0.15, 0.2) is 0 Å². The molecular weight excluding hydrogens is 334 g/mol. The minimum absolute atomic E-state index is 0.0866. The van der Waals surface area contributed by atoms with Gasteiger partial charge in [-0.15, -0.1) is 5.53 Å². The average molecular weight is 355 g/mol. The predicted molar refractivity (Wildman–Crippen MR) is 94.1 cm³/mol. The molecule has 2 aromatic rings. The topological polar surface area (TPSA) is 103 Å². The Balaban J connectivity index is 1.30. The van der Waals surface area contributed by atoms with E-state index in [9.17, 15) is 9.90 Å². The van der Waals surface area contributed by atoms with Crippen LogP contribution in [0.1, 0.15) is 30.3 Å². The van der Waals surface area contributed by atoms with E-state index in [4.69, 9.17) is 4.52 Å². The van der Waals surface area contributed by atoms with Crippen molar-refractivity contribution < 1.29 is 14.4 Å². The average Bonchev–Trinajstić information content (AvgIpc) is 3.28. The molecule has 1 saturated carbocycles. The second-order valence-corrected chi connectivity index (χ2v) is 6.64. The molecule has 136 valence electrons. The third-order valence-electron chi connectivity index (χ3n) is 4.70. The molecule has 0 saturated heterocycles. The molecule has 8 nitrogen and oxygen atoms in total. The molecule has 0 radical (unpaired) electrons. The summed E-state index contributed by atoms with van der Waals surface area (Å²) in [4.78, 5) is 12.3. The minimum atomic E-state index is -0.548. The van der Waals surface area contributed by atoms with Gasteiger partial charge in [-0.1, -0.05) is 35.5 Å². The Morgan fingerprint density at radius 1 is 1.38 bits per heavy atom. The van der Waals surface area contributed by atoms with Crippen LogP contribution in [0.5, 0.6) is 0 Å². The quantitative estimate of drug-likeness (QED) is 0.638. The molecule has 1 atom stereocenters. The molecular formula is C18H21N5O3. The molecule has 26 heavy (non-hydrogen) atoms. The highest BCUT2D eigenvalue weighted by Crippen LogP contribution is 2.27. The Labute approximate surface area is 150 Å². The molecule has 0 unspecified atom stereocenters. The fraction of sp³-hybridized carbons (Fsp3) is 0.333. The normalized spacial score (nSPS) is 23.0. The number of hydrogen-bond acceptors (Lipinski definition) is 7. The monoisotopic (exact) mass is 355 g/mol. The number of hydrogen-bond donors (Lipinski definition) is 4. The molecule has 4 rings (SSSR count). The maximum atomic E-state index is 12.3. The van der Waals surface area contributed by atoms with E-state index < -0.39 is 6.10 Å². The van der Waals surface area contributed by atoms with Crippen LogP contribution >= 0.6 is 0 Å². The first kappa shape index (κ1) is 16.6. The van der Waals surface area contributed by atoms with Gasteiger partial charge in [-0.25, -0.2) is 0 Å². The zero-order valence-electron chi connectivity index (χ0n) is 14.3. The number of carbonyl (C=O) groups excluding carboxylic acids is 1. The molecule has 4 N–H and O–H groups in total. The Hall–Kier alpha value is -2.84. The van der Waals surface area contributed by atoms with Crippen LogP contribution in [-0.2, 0) is 0 Å². The van der Waals surface area contributed by atoms with Crippen molar-refractivity contribution in [1.29, 1.82) is 0 Å². The number of benzene rings is 1. The maximum absolute atomic E-state index is 12.3. The fourth-order valence-electron chi connectivity index (χ4n) is 3.07. The van der Waals surface area contributed by atoms with E-state index >= 15 is 0 Å². The van der Waals surface area contributed by atoms with Gasteiger partial charge in [0.05, 0.1) is 17.8 Å². The summed E-state index contributed by atoms with van der Waals surface area (Å²) < 4.78 is 5.19. The summed E-state index contributed by atoms with van der Waals surface area (Å²) >= 11 is 0. The predicted octanol–water partition coefficient (Wildman–Crippen LogP) is 1.15. The number of aliphatic hydroxyl groups excluding tert-OH is 1. The molecule has 2 aliphatic rings. The second kappa shape index (κ2) is 6.81. The van der Waals surface area contributed by atoms with Crippen LogP contribution in [0.4, 0.5) is 0 Å². The van der Waals surface area contributed by atoms with Gasteiger partial charge in [-0.3, -0.25) is 9.80 Å². The number of nitrogens with zero attached hydrogens (tertiary/aromatic N) is 2. The molecule has 1 aliphatic carbocycles. The Morgan fingerprint density at radius 2 is 2.15 bits per heavy atom. The molecule has 1 fully saturated rings. The molecule has 0 bridgehead atoms. The summed E-state index contributed by atoms with van der Waals surface area (Å²) in [7, 11) is 0. The van der Waals surface area contributed by atoms with Gasteiger partial charge >= 0.3 is 0 Å². The standard InChI is InChI=1S/C18H21N5O3/c1-11(24)16-10-23(22-20-16)14-7-13(8-14)19-18(25)17-9-15(21-26-17)12-5-3-2-4-6-12/h2-6,9-11,13-14,20,22,24H,7-8H2,1H3,(H,19,25)/t11-,13-,14+/m1/s1. The number of rotatable bonds is 5. The van der Waals surface area contributed by atoms with Crippen LogP contribution in [0.15, 0.2) is 52.8 Å². The van der Waals surface area contributed by atoms with Crippen LogP contribution in [0.25, 0.3) is 11.3 Å². The van der Waals surface area contributed by atoms with Gasteiger partial charge in [0.25, 0.3) is 5.91 Å². The van der Waals surface area contributed by atoms with E-state index in [0.29, 0.717) is 5.69 Å². The largest absolute Gasteiger partial charge is 0.387 e. The molecule has 2 heterocycles. The molecule has 1 aromatic carbocycles. The van der Waals surface area contributed by atoms with E-state index in [0.717, 1.165) is 24.1 Å². The summed E-state index contributed by atoms with van der Waals surface area (Å²) in [6, 6.07) is 11.6. The third-order valence-corrected chi connectivity index (χ3v) is 4.70. The van der Waals surface area contributed by atoms with Crippen LogP contribution in [-0.4, -0.2) is 39.4 Å². The third kappa shape index (κ3) is 3.29. The van der Waals surface area contributed by atoms with Gasteiger partial charge in [-0.2, -0.15) is 0 Å². The molecule has 0 spiro atoms. The zero-order chi connectivity index (χ0) is 18.1. The first-order valence-electron chi connectivity index (χ1n) is 8.63. The molecule has 1 amide bonds. The van der Waals surface area contributed by atoms with E-state index in [-0.39, 0.29) is 23.8 Å². The minimum Gasteiger partial charge on any atom is -0.387 e. The molecule has 8 heteroatoms. The van der Waals surface area contributed by atoms with Crippen molar-refractivity contribution in [2.24, 2.45) is 0 Å². The highest BCUT2D eigenvalue weighted by Gasteiger charge is 2.36. The lowest BCUT2D eigenvalue weighted by Gasteiger charge is -2.40. The van der Waals surface area contributed by atoms with Gasteiger partial charge in [0, 0.05) is 23.9 Å². The van der Waals surface area contributed by atoms with Crippen molar-refractivity contribution in [2.75, 3.05) is 0 Å². The zero-order valence-corrected chi connectivity index (χ0v) is 14.3. The van der Waals surface area contributed by atoms with Crippen molar-refractivity contribution >= 4 is 5.91 Å². The number of hydrazine groups is 2. The highest BCUT2D eigenvalue weighted by molar-refractivity contribution is 5.92. The highest BCUT2D eigenvalue weighted by atomic mass is 16.5. The fourth-order valence-corrected chi connectivity index (χ4v) is 3.07. The summed E-state index contributed by atoms with van der Waals surface area (Å²) in [5.74, 6) is -0.0413. The lowest BCUT2D eigenvalue weighted by atomic mass is 9.86. The number of nitrogens with one attached hydrogen (secondary N) is 3. The van der Waals surface area contributed by atoms with Crippen LogP contribution in [0, 0.1) is 0 Å². The van der Waals surface area contributed by atoms with Gasteiger partial charge in [0.1, 0.15) is 5.69 Å². The first-order chi connectivity index (χ1) is 12.6. The summed E-state index contributed by atoms with van der Waals surface area (Å²) in [5, 5.41) is 18.4. The van der Waals surface area contributed by atoms with Crippen molar-refractivity contribution in [3.05, 3.63) is 54.1 Å². The Kier molecular flexibility index (Phi) is 4.36. The van der Waals surface area contributed by atoms with Crippen molar-refractivity contribution in [2.45, 2.75) is 38.0 Å². The van der Waals surface area contributed by atoms with Crippen molar-refractivity contribution in [3.63, 3.8) is 0 Å². The number of aliphatic hydroxyl groups is 1. The summed E-state index contributed by atoms with van der Waals surface area (Å²) in [6.07, 6.45) is 2.93. The van der Waals surface area contributed by atoms with Crippen LogP contribution in [0.3, 0.4) is 0 Å². The first-order valence-corrected chi connectivity index (χ1v) is 8.63. The number of aromatic nitrogens is 1. The summed E-state index contributed by atoms with van der Waals surface area (Å²) in [5.41, 5.74) is 8.22. The SMILES string of the molecule is C[C@@H](O)C1=CN([C@H]2C[C@@H](NC(=O)c3cc(-c4ccccc4)no3)C2)NN1. The van der Waals surface area contributed by atoms with E-state index in [1.54, 1.807) is 13.0 Å². The lowest BCUT2D eigenvalue weighted by Crippen LogP contribution is -2.56. The van der Waals surface area contributed by atoms with E-state index in [1.165, 1.54) is 0 Å². The van der Waals surface area contributed by atoms with Gasteiger partial charge in [-0.05, 0) is 19.8 Å².